The summed E-state index contributed by atoms with van der Waals surface area (Å²) in [6.45, 7) is 11.4. The summed E-state index contributed by atoms with van der Waals surface area (Å²) in [6.07, 6.45) is 0.157. The largest absolute Gasteiger partial charge is 0.379 e. The van der Waals surface area contributed by atoms with E-state index in [2.05, 4.69) is 31.3 Å². The second-order valence-electron chi connectivity index (χ2n) is 4.68. The predicted octanol–water partition coefficient (Wildman–Crippen LogP) is 3.19. The molecular formula is C14H25NO2S. The number of nitrogens with one attached hydrogen (secondary N) is 1. The summed E-state index contributed by atoms with van der Waals surface area (Å²) in [5, 5.41) is 3.42. The Kier molecular flexibility index (Phi) is 7.51. The number of rotatable bonds is 9. The Labute approximate surface area is 114 Å². The van der Waals surface area contributed by atoms with E-state index in [0.29, 0.717) is 19.3 Å². The molecule has 0 bridgehead atoms. The molecule has 0 aliphatic rings. The first kappa shape index (κ1) is 15.6. The summed E-state index contributed by atoms with van der Waals surface area (Å²) in [5.74, 6) is 0. The van der Waals surface area contributed by atoms with Crippen molar-refractivity contribution >= 4 is 11.3 Å². The maximum Gasteiger partial charge on any atom is 0.0814 e. The van der Waals surface area contributed by atoms with Crippen LogP contribution in [-0.2, 0) is 22.6 Å². The van der Waals surface area contributed by atoms with Crippen LogP contribution in [0.1, 0.15) is 37.4 Å². The quantitative estimate of drug-likeness (QED) is 0.748. The number of hydrogen-bond donors (Lipinski definition) is 1. The zero-order valence-electron chi connectivity index (χ0n) is 11.9. The highest BCUT2D eigenvalue weighted by Crippen LogP contribution is 2.18. The fourth-order valence-electron chi connectivity index (χ4n) is 1.46. The second kappa shape index (κ2) is 8.64. The van der Waals surface area contributed by atoms with E-state index >= 15 is 0 Å². The third-order valence-corrected chi connectivity index (χ3v) is 3.53. The van der Waals surface area contributed by atoms with E-state index in [0.717, 1.165) is 13.2 Å². The summed E-state index contributed by atoms with van der Waals surface area (Å²) in [7, 11) is 0. The first-order chi connectivity index (χ1) is 8.61. The minimum atomic E-state index is 0.157. The van der Waals surface area contributed by atoms with Gasteiger partial charge in [-0.1, -0.05) is 13.8 Å². The van der Waals surface area contributed by atoms with Gasteiger partial charge in [-0.3, -0.25) is 0 Å². The molecule has 0 aliphatic heterocycles. The molecule has 0 saturated carbocycles. The van der Waals surface area contributed by atoms with E-state index in [1.165, 1.54) is 9.75 Å². The van der Waals surface area contributed by atoms with Gasteiger partial charge < -0.3 is 14.8 Å². The van der Waals surface area contributed by atoms with Crippen molar-refractivity contribution in [2.45, 2.75) is 53.0 Å². The van der Waals surface area contributed by atoms with Gasteiger partial charge in [0, 0.05) is 28.9 Å². The molecule has 1 aromatic rings. The van der Waals surface area contributed by atoms with Crippen molar-refractivity contribution in [3.05, 3.63) is 21.9 Å². The van der Waals surface area contributed by atoms with E-state index < -0.39 is 0 Å². The standard InChI is InChI=1S/C14H25NO2S/c1-5-16-9-12(4)17-10-14-7-6-13(18-14)8-15-11(2)3/h6-7,11-12,15H,5,8-10H2,1-4H3. The Balaban J connectivity index is 2.26. The topological polar surface area (TPSA) is 30.5 Å². The SMILES string of the molecule is CCOCC(C)OCc1ccc(CNC(C)C)s1. The van der Waals surface area contributed by atoms with E-state index in [1.54, 1.807) is 0 Å². The van der Waals surface area contributed by atoms with Gasteiger partial charge >= 0.3 is 0 Å². The average Bonchev–Trinajstić information content (AvgIpc) is 2.79. The molecule has 1 heterocycles. The molecule has 0 spiro atoms. The van der Waals surface area contributed by atoms with Crippen molar-refractivity contribution < 1.29 is 9.47 Å². The highest BCUT2D eigenvalue weighted by Gasteiger charge is 2.05. The third kappa shape index (κ3) is 6.50. The molecule has 0 saturated heterocycles. The maximum absolute atomic E-state index is 5.73. The van der Waals surface area contributed by atoms with Crippen LogP contribution >= 0.6 is 11.3 Å². The zero-order chi connectivity index (χ0) is 13.4. The molecule has 1 rings (SSSR count). The molecule has 18 heavy (non-hydrogen) atoms. The van der Waals surface area contributed by atoms with Gasteiger partial charge in [0.25, 0.3) is 0 Å². The normalized spacial score (nSPS) is 13.2. The van der Waals surface area contributed by atoms with E-state index in [9.17, 15) is 0 Å². The fraction of sp³-hybridized carbons (Fsp3) is 0.714. The van der Waals surface area contributed by atoms with Crippen LogP contribution in [0.3, 0.4) is 0 Å². The smallest absolute Gasteiger partial charge is 0.0814 e. The molecule has 1 N–H and O–H groups in total. The predicted molar refractivity (Wildman–Crippen MR) is 77.0 cm³/mol. The molecule has 4 heteroatoms. The molecule has 0 amide bonds. The monoisotopic (exact) mass is 271 g/mol. The summed E-state index contributed by atoms with van der Waals surface area (Å²) in [4.78, 5) is 2.64. The summed E-state index contributed by atoms with van der Waals surface area (Å²) < 4.78 is 11.1. The minimum absolute atomic E-state index is 0.157. The average molecular weight is 271 g/mol. The highest BCUT2D eigenvalue weighted by molar-refractivity contribution is 7.11. The summed E-state index contributed by atoms with van der Waals surface area (Å²) in [5.41, 5.74) is 0. The Morgan fingerprint density at radius 3 is 2.61 bits per heavy atom. The Hall–Kier alpha value is -0.420. The molecule has 3 nitrogen and oxygen atoms in total. The zero-order valence-corrected chi connectivity index (χ0v) is 12.7. The lowest BCUT2D eigenvalue weighted by molar-refractivity contribution is -0.0107. The Morgan fingerprint density at radius 1 is 1.22 bits per heavy atom. The van der Waals surface area contributed by atoms with Crippen molar-refractivity contribution in [1.29, 1.82) is 0 Å². The van der Waals surface area contributed by atoms with Crippen LogP contribution in [0.25, 0.3) is 0 Å². The molecule has 0 aliphatic carbocycles. The van der Waals surface area contributed by atoms with Gasteiger partial charge in [0.2, 0.25) is 0 Å². The van der Waals surface area contributed by atoms with Crippen LogP contribution in [0.15, 0.2) is 12.1 Å². The molecule has 1 atom stereocenters. The first-order valence-electron chi connectivity index (χ1n) is 6.62. The minimum Gasteiger partial charge on any atom is -0.379 e. The third-order valence-electron chi connectivity index (χ3n) is 2.47. The number of hydrogen-bond acceptors (Lipinski definition) is 4. The molecule has 0 fully saturated rings. The van der Waals surface area contributed by atoms with Crippen molar-refractivity contribution in [2.75, 3.05) is 13.2 Å². The van der Waals surface area contributed by atoms with Gasteiger partial charge in [-0.2, -0.15) is 0 Å². The van der Waals surface area contributed by atoms with Crippen LogP contribution in [0.4, 0.5) is 0 Å². The van der Waals surface area contributed by atoms with Gasteiger partial charge in [0.15, 0.2) is 0 Å². The lowest BCUT2D eigenvalue weighted by Crippen LogP contribution is -2.21. The number of thiophene rings is 1. The van der Waals surface area contributed by atoms with Crippen molar-refractivity contribution in [3.63, 3.8) is 0 Å². The van der Waals surface area contributed by atoms with Crippen LogP contribution in [0.5, 0.6) is 0 Å². The van der Waals surface area contributed by atoms with E-state index in [1.807, 2.05) is 25.2 Å². The fourth-order valence-corrected chi connectivity index (χ4v) is 2.35. The van der Waals surface area contributed by atoms with Gasteiger partial charge in [-0.15, -0.1) is 11.3 Å². The Bertz CT molecular complexity index is 325. The molecule has 1 unspecified atom stereocenters. The summed E-state index contributed by atoms with van der Waals surface area (Å²) >= 11 is 1.81. The van der Waals surface area contributed by atoms with Crippen molar-refractivity contribution in [1.82, 2.24) is 5.32 Å². The van der Waals surface area contributed by atoms with Crippen LogP contribution < -0.4 is 5.32 Å². The van der Waals surface area contributed by atoms with Gasteiger partial charge in [-0.05, 0) is 26.0 Å². The van der Waals surface area contributed by atoms with Gasteiger partial charge in [0.05, 0.1) is 19.3 Å². The van der Waals surface area contributed by atoms with Crippen molar-refractivity contribution in [3.8, 4) is 0 Å². The van der Waals surface area contributed by atoms with Crippen LogP contribution in [0.2, 0.25) is 0 Å². The van der Waals surface area contributed by atoms with Crippen LogP contribution in [-0.4, -0.2) is 25.4 Å². The lowest BCUT2D eigenvalue weighted by Gasteiger charge is -2.11. The molecule has 0 radical (unpaired) electrons. The molecule has 1 aromatic heterocycles. The molecule has 104 valence electrons. The van der Waals surface area contributed by atoms with E-state index in [4.69, 9.17) is 9.47 Å². The van der Waals surface area contributed by atoms with Gasteiger partial charge in [0.1, 0.15) is 0 Å². The molecule has 0 aromatic carbocycles. The summed E-state index contributed by atoms with van der Waals surface area (Å²) in [6, 6.07) is 4.85. The first-order valence-corrected chi connectivity index (χ1v) is 7.43. The Morgan fingerprint density at radius 2 is 1.94 bits per heavy atom. The van der Waals surface area contributed by atoms with Crippen molar-refractivity contribution in [2.24, 2.45) is 0 Å². The van der Waals surface area contributed by atoms with E-state index in [-0.39, 0.29) is 6.10 Å². The van der Waals surface area contributed by atoms with Crippen LogP contribution in [0, 0.1) is 0 Å². The maximum atomic E-state index is 5.73. The second-order valence-corrected chi connectivity index (χ2v) is 5.94. The lowest BCUT2D eigenvalue weighted by atomic mass is 10.3. The molecular weight excluding hydrogens is 246 g/mol. The van der Waals surface area contributed by atoms with Gasteiger partial charge in [-0.25, -0.2) is 0 Å². The highest BCUT2D eigenvalue weighted by atomic mass is 32.1. The number of ether oxygens (including phenoxy) is 2.